The summed E-state index contributed by atoms with van der Waals surface area (Å²) in [6, 6.07) is 11.9. The largest absolute Gasteiger partial charge is 0.471 e. The minimum atomic E-state index is -4.94. The molecule has 2 aromatic carbocycles. The van der Waals surface area contributed by atoms with Crippen molar-refractivity contribution >= 4 is 23.6 Å². The highest BCUT2D eigenvalue weighted by molar-refractivity contribution is 6.01. The number of carbonyl (C=O) groups excluding carboxylic acids is 2. The molecule has 1 N–H and O–H groups in total. The zero-order valence-electron chi connectivity index (χ0n) is 15.0. The third kappa shape index (κ3) is 6.22. The molecule has 4 nitrogen and oxygen atoms in total. The number of hydrogen-bond donors (Lipinski definition) is 1. The molecule has 0 saturated heterocycles. The Labute approximate surface area is 159 Å². The van der Waals surface area contributed by atoms with E-state index in [0.29, 0.717) is 21.7 Å². The van der Waals surface area contributed by atoms with E-state index in [-0.39, 0.29) is 13.1 Å². The molecule has 8 heteroatoms. The lowest BCUT2D eigenvalue weighted by Crippen LogP contribution is -2.40. The summed E-state index contributed by atoms with van der Waals surface area (Å²) in [5.74, 6) is -2.83. The minimum absolute atomic E-state index is 0.106. The third-order valence-electron chi connectivity index (χ3n) is 3.76. The summed E-state index contributed by atoms with van der Waals surface area (Å²) in [5.41, 5.74) is 1.31. The highest BCUT2D eigenvalue weighted by Gasteiger charge is 2.41. The van der Waals surface area contributed by atoms with Crippen molar-refractivity contribution in [3.8, 4) is 0 Å². The van der Waals surface area contributed by atoms with Gasteiger partial charge >= 0.3 is 12.1 Å². The molecule has 2 amide bonds. The molecule has 0 aromatic heterocycles. The molecule has 2 aromatic rings. The molecule has 0 fully saturated rings. The van der Waals surface area contributed by atoms with E-state index in [4.69, 9.17) is 0 Å². The molecule has 0 aliphatic carbocycles. The second kappa shape index (κ2) is 9.16. The molecule has 0 spiro atoms. The van der Waals surface area contributed by atoms with Crippen molar-refractivity contribution in [1.82, 2.24) is 4.90 Å². The van der Waals surface area contributed by atoms with Crippen LogP contribution in [0, 0.1) is 5.82 Å². The predicted molar refractivity (Wildman–Crippen MR) is 97.7 cm³/mol. The third-order valence-corrected chi connectivity index (χ3v) is 3.76. The number of nitrogens with one attached hydrogen (secondary N) is 1. The molecule has 28 heavy (non-hydrogen) atoms. The van der Waals surface area contributed by atoms with Crippen LogP contribution in [0.15, 0.2) is 54.6 Å². The first-order valence-electron chi connectivity index (χ1n) is 8.38. The summed E-state index contributed by atoms with van der Waals surface area (Å²) in [6.07, 6.45) is -2.29. The van der Waals surface area contributed by atoms with Gasteiger partial charge in [-0.05, 0) is 48.4 Å². The number of carbonyl (C=O) groups is 2. The van der Waals surface area contributed by atoms with Gasteiger partial charge in [0, 0.05) is 24.9 Å². The van der Waals surface area contributed by atoms with Gasteiger partial charge in [0.25, 0.3) is 0 Å². The highest BCUT2D eigenvalue weighted by Crippen LogP contribution is 2.21. The van der Waals surface area contributed by atoms with E-state index in [2.05, 4.69) is 5.32 Å². The van der Waals surface area contributed by atoms with Crippen LogP contribution in [0.1, 0.15) is 18.1 Å². The van der Waals surface area contributed by atoms with Crippen molar-refractivity contribution in [3.63, 3.8) is 0 Å². The fourth-order valence-corrected chi connectivity index (χ4v) is 2.44. The van der Waals surface area contributed by atoms with Gasteiger partial charge in [-0.2, -0.15) is 13.2 Å². The van der Waals surface area contributed by atoms with Gasteiger partial charge in [0.1, 0.15) is 5.82 Å². The first kappa shape index (κ1) is 21.1. The number of nitrogens with zero attached hydrogens (tertiary/aromatic N) is 1. The molecule has 0 unspecified atom stereocenters. The zero-order valence-corrected chi connectivity index (χ0v) is 15.0. The van der Waals surface area contributed by atoms with Crippen molar-refractivity contribution in [2.75, 3.05) is 11.9 Å². The van der Waals surface area contributed by atoms with E-state index in [1.165, 1.54) is 43.3 Å². The van der Waals surface area contributed by atoms with Crippen LogP contribution in [0.2, 0.25) is 0 Å². The average molecular weight is 394 g/mol. The number of amides is 2. The molecule has 0 bridgehead atoms. The Bertz CT molecular complexity index is 879. The lowest BCUT2D eigenvalue weighted by molar-refractivity contribution is -0.185. The maximum atomic E-state index is 13.1. The van der Waals surface area contributed by atoms with E-state index < -0.39 is 23.8 Å². The Morgan fingerprint density at radius 1 is 1.11 bits per heavy atom. The molecule has 148 valence electrons. The van der Waals surface area contributed by atoms with Crippen LogP contribution in [0.5, 0.6) is 0 Å². The van der Waals surface area contributed by atoms with E-state index in [0.717, 1.165) is 0 Å². The Morgan fingerprint density at radius 2 is 1.82 bits per heavy atom. The molecule has 0 aliphatic rings. The summed E-state index contributed by atoms with van der Waals surface area (Å²) >= 11 is 0. The number of halogens is 4. The van der Waals surface area contributed by atoms with Crippen LogP contribution in [-0.2, 0) is 16.1 Å². The molecule has 0 atom stereocenters. The fraction of sp³-hybridized carbons (Fsp3) is 0.200. The van der Waals surface area contributed by atoms with Crippen LogP contribution in [0.3, 0.4) is 0 Å². The van der Waals surface area contributed by atoms with E-state index in [9.17, 15) is 27.2 Å². The molecule has 0 radical (unpaired) electrons. The normalized spacial score (nSPS) is 11.5. The van der Waals surface area contributed by atoms with Gasteiger partial charge in [-0.1, -0.05) is 24.3 Å². The fourth-order valence-electron chi connectivity index (χ4n) is 2.44. The molecule has 0 aliphatic heterocycles. The van der Waals surface area contributed by atoms with Crippen LogP contribution in [0.25, 0.3) is 6.08 Å². The lowest BCUT2D eigenvalue weighted by Gasteiger charge is -2.22. The number of benzene rings is 2. The minimum Gasteiger partial charge on any atom is -0.331 e. The van der Waals surface area contributed by atoms with Crippen molar-refractivity contribution in [2.24, 2.45) is 0 Å². The summed E-state index contributed by atoms with van der Waals surface area (Å²) in [4.78, 5) is 24.1. The summed E-state index contributed by atoms with van der Waals surface area (Å²) in [7, 11) is 0. The smallest absolute Gasteiger partial charge is 0.331 e. The highest BCUT2D eigenvalue weighted by atomic mass is 19.4. The standard InChI is InChI=1S/C20H18F4N2O2/c1-2-26(19(28)20(22,23)24)13-15-6-4-8-17(12-15)25-18(27)10-9-14-5-3-7-16(21)11-14/h3-12H,2,13H2,1H3,(H,25,27). The number of anilines is 1. The van der Waals surface area contributed by atoms with Gasteiger partial charge < -0.3 is 10.2 Å². The maximum Gasteiger partial charge on any atom is 0.471 e. The lowest BCUT2D eigenvalue weighted by atomic mass is 10.1. The monoisotopic (exact) mass is 394 g/mol. The van der Waals surface area contributed by atoms with Crippen LogP contribution in [0.4, 0.5) is 23.2 Å². The van der Waals surface area contributed by atoms with Crippen molar-refractivity contribution in [2.45, 2.75) is 19.6 Å². The van der Waals surface area contributed by atoms with Gasteiger partial charge in [0.2, 0.25) is 5.91 Å². The zero-order chi connectivity index (χ0) is 20.7. The van der Waals surface area contributed by atoms with Crippen LogP contribution in [-0.4, -0.2) is 29.4 Å². The van der Waals surface area contributed by atoms with E-state index in [1.54, 1.807) is 24.3 Å². The number of alkyl halides is 3. The molecule has 2 rings (SSSR count). The molecular formula is C20H18F4N2O2. The number of hydrogen-bond acceptors (Lipinski definition) is 2. The Kier molecular flexibility index (Phi) is 6.92. The van der Waals surface area contributed by atoms with E-state index >= 15 is 0 Å². The predicted octanol–water partition coefficient (Wildman–Crippen LogP) is 4.39. The molecular weight excluding hydrogens is 376 g/mol. The Morgan fingerprint density at radius 3 is 2.46 bits per heavy atom. The second-order valence-electron chi connectivity index (χ2n) is 5.90. The molecule has 0 saturated carbocycles. The van der Waals surface area contributed by atoms with Gasteiger partial charge in [-0.25, -0.2) is 4.39 Å². The topological polar surface area (TPSA) is 49.4 Å². The van der Waals surface area contributed by atoms with Crippen molar-refractivity contribution < 1.29 is 27.2 Å². The van der Waals surface area contributed by atoms with Crippen molar-refractivity contribution in [3.05, 3.63) is 71.6 Å². The van der Waals surface area contributed by atoms with Gasteiger partial charge in [0.05, 0.1) is 0 Å². The first-order chi connectivity index (χ1) is 13.2. The molecule has 0 heterocycles. The number of rotatable bonds is 6. The first-order valence-corrected chi connectivity index (χ1v) is 8.38. The quantitative estimate of drug-likeness (QED) is 0.584. The van der Waals surface area contributed by atoms with Gasteiger partial charge in [-0.15, -0.1) is 0 Å². The SMILES string of the molecule is CCN(Cc1cccc(NC(=O)C=Cc2cccc(F)c2)c1)C(=O)C(F)(F)F. The van der Waals surface area contributed by atoms with Gasteiger partial charge in [0.15, 0.2) is 0 Å². The average Bonchev–Trinajstić information content (AvgIpc) is 2.63. The Hall–Kier alpha value is -3.16. The van der Waals surface area contributed by atoms with Gasteiger partial charge in [-0.3, -0.25) is 9.59 Å². The second-order valence-corrected chi connectivity index (χ2v) is 5.90. The maximum absolute atomic E-state index is 13.1. The van der Waals surface area contributed by atoms with Crippen LogP contribution >= 0.6 is 0 Å². The Balaban J connectivity index is 2.04. The summed E-state index contributed by atoms with van der Waals surface area (Å²) in [5, 5.41) is 2.57. The van der Waals surface area contributed by atoms with Crippen molar-refractivity contribution in [1.29, 1.82) is 0 Å². The van der Waals surface area contributed by atoms with E-state index in [1.807, 2.05) is 0 Å². The summed E-state index contributed by atoms with van der Waals surface area (Å²) < 4.78 is 50.9. The summed E-state index contributed by atoms with van der Waals surface area (Å²) in [6.45, 7) is 1.11. The van der Waals surface area contributed by atoms with Crippen LogP contribution < -0.4 is 5.32 Å².